The van der Waals surface area contributed by atoms with Crippen molar-refractivity contribution in [2.24, 2.45) is 0 Å². The van der Waals surface area contributed by atoms with Crippen molar-refractivity contribution in [2.75, 3.05) is 44.9 Å². The molecule has 1 heterocycles. The van der Waals surface area contributed by atoms with Crippen molar-refractivity contribution in [1.29, 1.82) is 0 Å². The van der Waals surface area contributed by atoms with Crippen molar-refractivity contribution in [3.63, 3.8) is 0 Å². The Morgan fingerprint density at radius 1 is 0.893 bits per heavy atom. The summed E-state index contributed by atoms with van der Waals surface area (Å²) in [4.78, 5) is 11.5. The molecule has 0 aliphatic heterocycles. The van der Waals surface area contributed by atoms with Crippen LogP contribution in [0.3, 0.4) is 0 Å². The molecule has 6 nitrogen and oxygen atoms in total. The minimum absolute atomic E-state index is 0.617. The van der Waals surface area contributed by atoms with Gasteiger partial charge in [-0.2, -0.15) is 0 Å². The van der Waals surface area contributed by atoms with E-state index in [1.807, 2.05) is 60.7 Å². The molecule has 3 rings (SSSR count). The van der Waals surface area contributed by atoms with E-state index in [9.17, 15) is 0 Å². The molecule has 1 aromatic heterocycles. The number of methoxy groups -OCH3 is 1. The first-order valence-electron chi connectivity index (χ1n) is 9.34. The van der Waals surface area contributed by atoms with Gasteiger partial charge < -0.3 is 20.3 Å². The first-order valence-corrected chi connectivity index (χ1v) is 9.34. The van der Waals surface area contributed by atoms with Gasteiger partial charge in [0, 0.05) is 36.8 Å². The quantitative estimate of drug-likeness (QED) is 0.592. The zero-order valence-electron chi connectivity index (χ0n) is 16.6. The lowest BCUT2D eigenvalue weighted by atomic mass is 10.2. The number of benzene rings is 2. The van der Waals surface area contributed by atoms with Crippen molar-refractivity contribution in [2.45, 2.75) is 6.54 Å². The molecule has 146 valence electrons. The molecule has 0 fully saturated rings. The minimum Gasteiger partial charge on any atom is -0.496 e. The molecule has 3 aromatic rings. The minimum atomic E-state index is 0.617. The number of ether oxygens (including phenoxy) is 1. The normalized spacial score (nSPS) is 10.7. The van der Waals surface area contributed by atoms with Gasteiger partial charge in [-0.3, -0.25) is 0 Å². The van der Waals surface area contributed by atoms with E-state index < -0.39 is 0 Å². The van der Waals surface area contributed by atoms with Gasteiger partial charge in [-0.05, 0) is 20.2 Å². The Hall–Kier alpha value is -3.12. The fourth-order valence-corrected chi connectivity index (χ4v) is 2.79. The largest absolute Gasteiger partial charge is 0.496 e. The number of para-hydroxylation sites is 1. The zero-order chi connectivity index (χ0) is 19.8. The molecule has 0 radical (unpaired) electrons. The number of anilines is 2. The predicted molar refractivity (Wildman–Crippen MR) is 115 cm³/mol. The lowest BCUT2D eigenvalue weighted by molar-refractivity contribution is 0.410. The molecule has 0 atom stereocenters. The Morgan fingerprint density at radius 2 is 1.57 bits per heavy atom. The van der Waals surface area contributed by atoms with E-state index in [0.717, 1.165) is 41.6 Å². The molecular weight excluding hydrogens is 350 g/mol. The molecule has 0 unspecified atom stereocenters. The van der Waals surface area contributed by atoms with Crippen LogP contribution in [0.15, 0.2) is 60.7 Å². The van der Waals surface area contributed by atoms with Crippen LogP contribution in [0.25, 0.3) is 11.4 Å². The van der Waals surface area contributed by atoms with Crippen molar-refractivity contribution in [1.82, 2.24) is 14.9 Å². The molecule has 6 heteroatoms. The zero-order valence-corrected chi connectivity index (χ0v) is 16.6. The van der Waals surface area contributed by atoms with E-state index in [1.165, 1.54) is 0 Å². The van der Waals surface area contributed by atoms with Gasteiger partial charge in [0.15, 0.2) is 5.82 Å². The fraction of sp³-hybridized carbons (Fsp3) is 0.273. The number of likely N-dealkylation sites (N-methyl/N-ethyl adjacent to an activating group) is 1. The highest BCUT2D eigenvalue weighted by Gasteiger charge is 2.08. The monoisotopic (exact) mass is 377 g/mol. The highest BCUT2D eigenvalue weighted by molar-refractivity contribution is 5.61. The van der Waals surface area contributed by atoms with Crippen LogP contribution in [-0.4, -0.2) is 49.2 Å². The topological polar surface area (TPSA) is 62.3 Å². The highest BCUT2D eigenvalue weighted by atomic mass is 16.5. The molecule has 0 saturated heterocycles. The molecule has 0 amide bonds. The molecule has 0 spiro atoms. The van der Waals surface area contributed by atoms with Crippen molar-refractivity contribution in [3.8, 4) is 17.1 Å². The molecular formula is C22H27N5O. The van der Waals surface area contributed by atoms with Crippen LogP contribution in [0.2, 0.25) is 0 Å². The average Bonchev–Trinajstić information content (AvgIpc) is 2.72. The van der Waals surface area contributed by atoms with Crippen LogP contribution < -0.4 is 15.4 Å². The van der Waals surface area contributed by atoms with Crippen LogP contribution in [0.5, 0.6) is 5.75 Å². The third-order valence-corrected chi connectivity index (χ3v) is 4.28. The first-order chi connectivity index (χ1) is 13.7. The van der Waals surface area contributed by atoms with Crippen LogP contribution in [-0.2, 0) is 6.54 Å². The van der Waals surface area contributed by atoms with Gasteiger partial charge in [0.2, 0.25) is 0 Å². The predicted octanol–water partition coefficient (Wildman–Crippen LogP) is 3.74. The Bertz CT molecular complexity index is 883. The number of nitrogens with one attached hydrogen (secondary N) is 2. The van der Waals surface area contributed by atoms with Crippen molar-refractivity contribution >= 4 is 11.6 Å². The summed E-state index contributed by atoms with van der Waals surface area (Å²) in [6.07, 6.45) is 0. The summed E-state index contributed by atoms with van der Waals surface area (Å²) < 4.78 is 5.44. The maximum absolute atomic E-state index is 5.44. The Balaban J connectivity index is 1.82. The molecule has 0 bridgehead atoms. The Morgan fingerprint density at radius 3 is 2.29 bits per heavy atom. The van der Waals surface area contributed by atoms with E-state index in [1.54, 1.807) is 7.11 Å². The lowest BCUT2D eigenvalue weighted by Crippen LogP contribution is -2.21. The van der Waals surface area contributed by atoms with E-state index >= 15 is 0 Å². The Labute approximate surface area is 166 Å². The molecule has 0 aliphatic carbocycles. The van der Waals surface area contributed by atoms with E-state index in [4.69, 9.17) is 9.72 Å². The average molecular weight is 377 g/mol. The van der Waals surface area contributed by atoms with Crippen molar-refractivity contribution < 1.29 is 4.74 Å². The Kier molecular flexibility index (Phi) is 6.81. The van der Waals surface area contributed by atoms with Gasteiger partial charge in [0.25, 0.3) is 0 Å². The lowest BCUT2D eigenvalue weighted by Gasteiger charge is -2.14. The third kappa shape index (κ3) is 5.44. The second-order valence-corrected chi connectivity index (χ2v) is 6.72. The van der Waals surface area contributed by atoms with Gasteiger partial charge >= 0.3 is 0 Å². The molecule has 0 aliphatic rings. The number of rotatable bonds is 9. The van der Waals surface area contributed by atoms with E-state index in [2.05, 4.69) is 34.6 Å². The molecule has 0 saturated carbocycles. The summed E-state index contributed by atoms with van der Waals surface area (Å²) in [5, 5.41) is 6.79. The van der Waals surface area contributed by atoms with Gasteiger partial charge in [-0.15, -0.1) is 0 Å². The van der Waals surface area contributed by atoms with E-state index in [-0.39, 0.29) is 0 Å². The van der Waals surface area contributed by atoms with Crippen LogP contribution in [0.1, 0.15) is 5.56 Å². The third-order valence-electron chi connectivity index (χ3n) is 4.28. The number of aromatic nitrogens is 2. The summed E-state index contributed by atoms with van der Waals surface area (Å²) in [5.74, 6) is 3.12. The molecule has 2 N–H and O–H groups in total. The first kappa shape index (κ1) is 19.6. The molecule has 28 heavy (non-hydrogen) atoms. The summed E-state index contributed by atoms with van der Waals surface area (Å²) in [6.45, 7) is 2.35. The standard InChI is InChI=1S/C22H27N5O/c1-27(2)14-13-23-20-15-21(24-16-18-11-7-8-12-19(18)28-3)26-22(25-20)17-9-5-4-6-10-17/h4-12,15H,13-14,16H2,1-3H3,(H2,23,24,25,26). The number of hydrogen-bond acceptors (Lipinski definition) is 6. The summed E-state index contributed by atoms with van der Waals surface area (Å²) in [5.41, 5.74) is 2.06. The summed E-state index contributed by atoms with van der Waals surface area (Å²) in [7, 11) is 5.79. The number of nitrogens with zero attached hydrogens (tertiary/aromatic N) is 3. The summed E-state index contributed by atoms with van der Waals surface area (Å²) in [6, 6.07) is 19.9. The van der Waals surface area contributed by atoms with Crippen molar-refractivity contribution in [3.05, 3.63) is 66.2 Å². The fourth-order valence-electron chi connectivity index (χ4n) is 2.79. The second kappa shape index (κ2) is 9.71. The number of hydrogen-bond donors (Lipinski definition) is 2. The van der Waals surface area contributed by atoms with E-state index in [0.29, 0.717) is 12.4 Å². The second-order valence-electron chi connectivity index (χ2n) is 6.72. The maximum atomic E-state index is 5.44. The highest BCUT2D eigenvalue weighted by Crippen LogP contribution is 2.22. The van der Waals surface area contributed by atoms with Gasteiger partial charge in [-0.1, -0.05) is 48.5 Å². The van der Waals surface area contributed by atoms with Crippen LogP contribution in [0.4, 0.5) is 11.6 Å². The van der Waals surface area contributed by atoms with Gasteiger partial charge in [0.1, 0.15) is 17.4 Å². The van der Waals surface area contributed by atoms with Gasteiger partial charge in [0.05, 0.1) is 7.11 Å². The smallest absolute Gasteiger partial charge is 0.163 e. The molecule has 2 aromatic carbocycles. The van der Waals surface area contributed by atoms with Crippen LogP contribution in [0, 0.1) is 0 Å². The van der Waals surface area contributed by atoms with Gasteiger partial charge in [-0.25, -0.2) is 9.97 Å². The SMILES string of the molecule is COc1ccccc1CNc1cc(NCCN(C)C)nc(-c2ccccc2)n1. The maximum Gasteiger partial charge on any atom is 0.163 e. The summed E-state index contributed by atoms with van der Waals surface area (Å²) >= 11 is 0. The van der Waals surface area contributed by atoms with Crippen LogP contribution >= 0.6 is 0 Å².